The molecule has 0 spiro atoms. The highest BCUT2D eigenvalue weighted by Crippen LogP contribution is 2.30. The average molecular weight is 285 g/mol. The third-order valence-corrected chi connectivity index (χ3v) is 3.85. The maximum atomic E-state index is 10.1. The number of rotatable bonds is 4. The van der Waals surface area contributed by atoms with E-state index in [-0.39, 0.29) is 12.1 Å². The van der Waals surface area contributed by atoms with Crippen LogP contribution in [0.2, 0.25) is 5.02 Å². The van der Waals surface area contributed by atoms with Crippen LogP contribution in [-0.4, -0.2) is 40.8 Å². The molecule has 0 aliphatic heterocycles. The van der Waals surface area contributed by atoms with Crippen LogP contribution >= 0.6 is 11.6 Å². The highest BCUT2D eigenvalue weighted by molar-refractivity contribution is 6.32. The van der Waals surface area contributed by atoms with Gasteiger partial charge in [-0.15, -0.1) is 0 Å². The van der Waals surface area contributed by atoms with E-state index < -0.39 is 0 Å². The van der Waals surface area contributed by atoms with Gasteiger partial charge in [0.15, 0.2) is 5.82 Å². The van der Waals surface area contributed by atoms with Crippen molar-refractivity contribution in [2.45, 2.75) is 44.8 Å². The van der Waals surface area contributed by atoms with Crippen LogP contribution in [0.3, 0.4) is 0 Å². The lowest BCUT2D eigenvalue weighted by atomic mass is 9.91. The van der Waals surface area contributed by atoms with Gasteiger partial charge in [0.05, 0.1) is 18.3 Å². The average Bonchev–Trinajstić information content (AvgIpc) is 2.41. The monoisotopic (exact) mass is 284 g/mol. The summed E-state index contributed by atoms with van der Waals surface area (Å²) < 4.78 is 0. The van der Waals surface area contributed by atoms with E-state index in [0.29, 0.717) is 16.8 Å². The van der Waals surface area contributed by atoms with Gasteiger partial charge in [0.1, 0.15) is 5.02 Å². The van der Waals surface area contributed by atoms with E-state index >= 15 is 0 Å². The SMILES string of the molecule is CCNc1ncc(Cl)c(N(C)C2CCCCC2O)n1. The van der Waals surface area contributed by atoms with Crippen molar-refractivity contribution in [2.75, 3.05) is 23.8 Å². The highest BCUT2D eigenvalue weighted by atomic mass is 35.5. The highest BCUT2D eigenvalue weighted by Gasteiger charge is 2.28. The van der Waals surface area contributed by atoms with Gasteiger partial charge in [-0.3, -0.25) is 0 Å². The Labute approximate surface area is 119 Å². The van der Waals surface area contributed by atoms with Crippen molar-refractivity contribution in [2.24, 2.45) is 0 Å². The Kier molecular flexibility index (Phi) is 4.82. The summed E-state index contributed by atoms with van der Waals surface area (Å²) in [6, 6.07) is 0.0793. The molecule has 1 heterocycles. The molecule has 1 aromatic heterocycles. The van der Waals surface area contributed by atoms with Crippen molar-refractivity contribution >= 4 is 23.4 Å². The largest absolute Gasteiger partial charge is 0.391 e. The molecule has 2 rings (SSSR count). The number of likely N-dealkylation sites (N-methyl/N-ethyl adjacent to an activating group) is 1. The molecule has 1 aromatic rings. The van der Waals surface area contributed by atoms with Crippen molar-refractivity contribution in [3.8, 4) is 0 Å². The van der Waals surface area contributed by atoms with Gasteiger partial charge in [0, 0.05) is 13.6 Å². The minimum absolute atomic E-state index is 0.0793. The third-order valence-electron chi connectivity index (χ3n) is 3.59. The fraction of sp³-hybridized carbons (Fsp3) is 0.692. The fourth-order valence-electron chi connectivity index (χ4n) is 2.55. The van der Waals surface area contributed by atoms with Gasteiger partial charge in [-0.05, 0) is 19.8 Å². The first-order valence-corrected chi connectivity index (χ1v) is 7.18. The molecule has 1 aliphatic rings. The zero-order valence-corrected chi connectivity index (χ0v) is 12.2. The van der Waals surface area contributed by atoms with Crippen molar-refractivity contribution in [3.63, 3.8) is 0 Å². The molecule has 1 aliphatic carbocycles. The van der Waals surface area contributed by atoms with Crippen molar-refractivity contribution in [3.05, 3.63) is 11.2 Å². The number of hydrogen-bond donors (Lipinski definition) is 2. The van der Waals surface area contributed by atoms with Crippen LogP contribution < -0.4 is 10.2 Å². The van der Waals surface area contributed by atoms with E-state index in [0.717, 1.165) is 32.2 Å². The second-order valence-corrected chi connectivity index (χ2v) is 5.33. The van der Waals surface area contributed by atoms with Crippen molar-refractivity contribution < 1.29 is 5.11 Å². The van der Waals surface area contributed by atoms with Gasteiger partial charge in [-0.2, -0.15) is 4.98 Å². The maximum absolute atomic E-state index is 10.1. The number of nitrogens with one attached hydrogen (secondary N) is 1. The van der Waals surface area contributed by atoms with Gasteiger partial charge < -0.3 is 15.3 Å². The molecular formula is C13H21ClN4O. The van der Waals surface area contributed by atoms with Gasteiger partial charge in [0.2, 0.25) is 5.95 Å². The molecule has 19 heavy (non-hydrogen) atoms. The first-order valence-electron chi connectivity index (χ1n) is 6.80. The third kappa shape index (κ3) is 3.28. The molecule has 2 atom stereocenters. The molecule has 0 radical (unpaired) electrons. The molecule has 2 N–H and O–H groups in total. The van der Waals surface area contributed by atoms with E-state index in [4.69, 9.17) is 11.6 Å². The molecule has 0 amide bonds. The second-order valence-electron chi connectivity index (χ2n) is 4.93. The molecule has 106 valence electrons. The van der Waals surface area contributed by atoms with E-state index in [1.165, 1.54) is 0 Å². The second kappa shape index (κ2) is 6.39. The maximum Gasteiger partial charge on any atom is 0.224 e. The molecule has 0 bridgehead atoms. The van der Waals surface area contributed by atoms with Crippen LogP contribution in [-0.2, 0) is 0 Å². The molecule has 2 unspecified atom stereocenters. The zero-order valence-electron chi connectivity index (χ0n) is 11.4. The van der Waals surface area contributed by atoms with Crippen molar-refractivity contribution in [1.82, 2.24) is 9.97 Å². The van der Waals surface area contributed by atoms with Crippen LogP contribution in [0, 0.1) is 0 Å². The fourth-order valence-corrected chi connectivity index (χ4v) is 2.77. The molecule has 5 nitrogen and oxygen atoms in total. The molecular weight excluding hydrogens is 264 g/mol. The molecule has 1 saturated carbocycles. The van der Waals surface area contributed by atoms with E-state index in [1.807, 2.05) is 18.9 Å². The van der Waals surface area contributed by atoms with E-state index in [2.05, 4.69) is 15.3 Å². The van der Waals surface area contributed by atoms with Gasteiger partial charge >= 0.3 is 0 Å². The van der Waals surface area contributed by atoms with Crippen molar-refractivity contribution in [1.29, 1.82) is 0 Å². The van der Waals surface area contributed by atoms with Gasteiger partial charge in [0.25, 0.3) is 0 Å². The Morgan fingerprint density at radius 3 is 2.89 bits per heavy atom. The Balaban J connectivity index is 2.21. The number of anilines is 2. The summed E-state index contributed by atoms with van der Waals surface area (Å²) >= 11 is 6.18. The predicted molar refractivity (Wildman–Crippen MR) is 77.9 cm³/mol. The Morgan fingerprint density at radius 2 is 2.21 bits per heavy atom. The quantitative estimate of drug-likeness (QED) is 0.888. The van der Waals surface area contributed by atoms with E-state index in [9.17, 15) is 5.11 Å². The lowest BCUT2D eigenvalue weighted by molar-refractivity contribution is 0.106. The van der Waals surface area contributed by atoms with Crippen LogP contribution in [0.4, 0.5) is 11.8 Å². The Hall–Kier alpha value is -1.07. The summed E-state index contributed by atoms with van der Waals surface area (Å²) in [6.45, 7) is 2.75. The number of aliphatic hydroxyl groups excluding tert-OH is 1. The number of halogens is 1. The molecule has 6 heteroatoms. The first-order chi connectivity index (χ1) is 9.13. The summed E-state index contributed by atoms with van der Waals surface area (Å²) in [4.78, 5) is 10.5. The Bertz CT molecular complexity index is 429. The summed E-state index contributed by atoms with van der Waals surface area (Å²) in [6.07, 6.45) is 5.33. The Morgan fingerprint density at radius 1 is 1.47 bits per heavy atom. The number of hydrogen-bond acceptors (Lipinski definition) is 5. The van der Waals surface area contributed by atoms with Crippen LogP contribution in [0.25, 0.3) is 0 Å². The molecule has 1 fully saturated rings. The normalized spacial score (nSPS) is 23.2. The van der Waals surface area contributed by atoms with Gasteiger partial charge in [-0.1, -0.05) is 24.4 Å². The number of aromatic nitrogens is 2. The van der Waals surface area contributed by atoms with E-state index in [1.54, 1.807) is 6.20 Å². The molecule has 0 saturated heterocycles. The van der Waals surface area contributed by atoms with Crippen LogP contribution in [0.1, 0.15) is 32.6 Å². The zero-order chi connectivity index (χ0) is 13.8. The summed E-state index contributed by atoms with van der Waals surface area (Å²) in [5.74, 6) is 1.25. The summed E-state index contributed by atoms with van der Waals surface area (Å²) in [7, 11) is 1.93. The smallest absolute Gasteiger partial charge is 0.224 e. The topological polar surface area (TPSA) is 61.3 Å². The summed E-state index contributed by atoms with van der Waals surface area (Å²) in [5.41, 5.74) is 0. The van der Waals surface area contributed by atoms with Crippen LogP contribution in [0.5, 0.6) is 0 Å². The summed E-state index contributed by atoms with van der Waals surface area (Å²) in [5, 5.41) is 13.7. The molecule has 0 aromatic carbocycles. The number of nitrogens with zero attached hydrogens (tertiary/aromatic N) is 3. The van der Waals surface area contributed by atoms with Crippen LogP contribution in [0.15, 0.2) is 6.20 Å². The first kappa shape index (κ1) is 14.3. The lowest BCUT2D eigenvalue weighted by Gasteiger charge is -2.36. The lowest BCUT2D eigenvalue weighted by Crippen LogP contribution is -2.44. The minimum Gasteiger partial charge on any atom is -0.391 e. The van der Waals surface area contributed by atoms with Gasteiger partial charge in [-0.25, -0.2) is 4.98 Å². The number of aliphatic hydroxyl groups is 1. The standard InChI is InChI=1S/C13H21ClN4O/c1-3-15-13-16-8-9(14)12(17-13)18(2)10-6-4-5-7-11(10)19/h8,10-11,19H,3-7H2,1-2H3,(H,15,16,17). The predicted octanol–water partition coefficient (Wildman–Crippen LogP) is 2.30. The minimum atomic E-state index is -0.313.